The molecule has 3 aliphatic heterocycles. The maximum Gasteiger partial charge on any atom is 0.243 e. The number of amides is 2. The zero-order valence-corrected chi connectivity index (χ0v) is 35.4. The molecule has 0 radical (unpaired) electrons. The number of aliphatic hydroxyl groups excluding tert-OH is 1. The Balaban J connectivity index is 0.810. The summed E-state index contributed by atoms with van der Waals surface area (Å²) in [6, 6.07) is 18.3. The van der Waals surface area contributed by atoms with Gasteiger partial charge in [-0.2, -0.15) is 0 Å². The number of rotatable bonds is 14. The molecule has 2 amide bonds. The number of phenols is 1. The number of carbonyl (C=O) groups is 2. The highest BCUT2D eigenvalue weighted by atomic mass is 32.1. The van der Waals surface area contributed by atoms with Crippen molar-refractivity contribution in [3.8, 4) is 27.4 Å². The van der Waals surface area contributed by atoms with Crippen LogP contribution in [-0.2, 0) is 16.0 Å². The lowest BCUT2D eigenvalue weighted by Crippen LogP contribution is -2.58. The number of thiazole rings is 1. The molecular formula is C44H54N10O5S. The molecule has 5 N–H and O–H groups in total. The first kappa shape index (κ1) is 41.3. The Hall–Kier alpha value is -5.42. The van der Waals surface area contributed by atoms with Crippen molar-refractivity contribution in [2.45, 2.75) is 70.7 Å². The number of β-amino-alcohol motifs (C(OH)–C–C–N with tert-alkyl or cyclic N) is 1. The van der Waals surface area contributed by atoms with Crippen molar-refractivity contribution < 1.29 is 24.3 Å². The van der Waals surface area contributed by atoms with Gasteiger partial charge in [-0.25, -0.2) is 4.98 Å². The van der Waals surface area contributed by atoms with Crippen LogP contribution in [0, 0.1) is 12.8 Å². The molecule has 0 spiro atoms. The van der Waals surface area contributed by atoms with Crippen LogP contribution < -0.4 is 20.9 Å². The number of hydrogen-bond acceptors (Lipinski definition) is 14. The number of aryl methyl sites for hydroxylation is 1. The van der Waals surface area contributed by atoms with Crippen LogP contribution in [0.15, 0.2) is 70.7 Å². The molecule has 8 rings (SSSR count). The Morgan fingerprint density at radius 1 is 1.03 bits per heavy atom. The van der Waals surface area contributed by atoms with Crippen LogP contribution >= 0.6 is 11.3 Å². The summed E-state index contributed by atoms with van der Waals surface area (Å²) in [5.74, 6) is 0.106. The summed E-state index contributed by atoms with van der Waals surface area (Å²) in [7, 11) is 0. The van der Waals surface area contributed by atoms with Crippen molar-refractivity contribution in [1.29, 1.82) is 0 Å². The number of carbonyl (C=O) groups excluding carboxylic acids is 2. The SMILES string of the molecule is Cc1ncsc1-c1ccc(C(C)NC(=O)[C@@H]2C[C@@H](O)CN2C(=O)C(c2cc(CCNCCN3CCN4c5cc(-c6ccccc6O)nnc5NC[C@H]4C3)no2)C(C)C)cc1. The highest BCUT2D eigenvalue weighted by Crippen LogP contribution is 2.36. The smallest absolute Gasteiger partial charge is 0.243 e. The van der Waals surface area contributed by atoms with Gasteiger partial charge in [-0.1, -0.05) is 55.4 Å². The number of aromatic hydroxyl groups is 1. The minimum atomic E-state index is -0.801. The van der Waals surface area contributed by atoms with E-state index in [0.717, 1.165) is 78.2 Å². The number of phenolic OH excluding ortho intramolecular Hbond substituents is 1. The summed E-state index contributed by atoms with van der Waals surface area (Å²) in [6.07, 6.45) is 0.00507. The van der Waals surface area contributed by atoms with Gasteiger partial charge in [-0.05, 0) is 49.1 Å². The first-order valence-corrected chi connectivity index (χ1v) is 21.8. The quantitative estimate of drug-likeness (QED) is 0.0980. The Morgan fingerprint density at radius 2 is 1.85 bits per heavy atom. The molecule has 15 nitrogen and oxygen atoms in total. The Kier molecular flexibility index (Phi) is 12.4. The first-order chi connectivity index (χ1) is 29.0. The number of anilines is 2. The van der Waals surface area contributed by atoms with Gasteiger partial charge in [0.05, 0.1) is 51.3 Å². The van der Waals surface area contributed by atoms with Crippen molar-refractivity contribution in [3.63, 3.8) is 0 Å². The normalized spacial score (nSPS) is 20.1. The largest absolute Gasteiger partial charge is 0.507 e. The van der Waals surface area contributed by atoms with Crippen molar-refractivity contribution in [2.24, 2.45) is 5.92 Å². The number of nitrogens with one attached hydrogen (secondary N) is 3. The van der Waals surface area contributed by atoms with Gasteiger partial charge in [0.2, 0.25) is 11.8 Å². The van der Waals surface area contributed by atoms with E-state index >= 15 is 0 Å². The van der Waals surface area contributed by atoms with E-state index < -0.39 is 18.1 Å². The van der Waals surface area contributed by atoms with Crippen molar-refractivity contribution in [3.05, 3.63) is 88.9 Å². The molecule has 2 saturated heterocycles. The number of fused-ring (bicyclic) bond motifs is 3. The van der Waals surface area contributed by atoms with Crippen molar-refractivity contribution in [1.82, 2.24) is 40.8 Å². The third-order valence-corrected chi connectivity index (χ3v) is 12.9. The molecule has 5 atom stereocenters. The summed E-state index contributed by atoms with van der Waals surface area (Å²) in [6.45, 7) is 13.8. The molecule has 5 aromatic rings. The number of aromatic nitrogens is 4. The predicted octanol–water partition coefficient (Wildman–Crippen LogP) is 4.60. The van der Waals surface area contributed by atoms with Gasteiger partial charge in [-0.3, -0.25) is 14.5 Å². The van der Waals surface area contributed by atoms with Gasteiger partial charge in [0.25, 0.3) is 0 Å². The molecule has 0 bridgehead atoms. The lowest BCUT2D eigenvalue weighted by Gasteiger charge is -2.45. The summed E-state index contributed by atoms with van der Waals surface area (Å²) in [5.41, 5.74) is 7.92. The number of hydrogen-bond donors (Lipinski definition) is 5. The summed E-state index contributed by atoms with van der Waals surface area (Å²) < 4.78 is 5.79. The lowest BCUT2D eigenvalue weighted by molar-refractivity contribution is -0.141. The summed E-state index contributed by atoms with van der Waals surface area (Å²) in [5, 5.41) is 44.2. The molecule has 0 saturated carbocycles. The highest BCUT2D eigenvalue weighted by Gasteiger charge is 2.43. The highest BCUT2D eigenvalue weighted by molar-refractivity contribution is 7.13. The average molecular weight is 835 g/mol. The van der Waals surface area contributed by atoms with E-state index in [0.29, 0.717) is 30.0 Å². The first-order valence-electron chi connectivity index (χ1n) is 20.9. The fourth-order valence-corrected chi connectivity index (χ4v) is 9.48. The van der Waals surface area contributed by atoms with E-state index in [9.17, 15) is 19.8 Å². The Morgan fingerprint density at radius 3 is 2.62 bits per heavy atom. The molecular weight excluding hydrogens is 781 g/mol. The summed E-state index contributed by atoms with van der Waals surface area (Å²) >= 11 is 1.60. The number of likely N-dealkylation sites (tertiary alicyclic amines) is 1. The fraction of sp³-hybridized carbons (Fsp3) is 0.455. The van der Waals surface area contributed by atoms with Gasteiger partial charge in [0.1, 0.15) is 23.5 Å². The van der Waals surface area contributed by atoms with Crippen molar-refractivity contribution in [2.75, 3.05) is 62.6 Å². The van der Waals surface area contributed by atoms with Gasteiger partial charge < -0.3 is 40.5 Å². The van der Waals surface area contributed by atoms with Crippen LogP contribution in [0.2, 0.25) is 0 Å². The zero-order chi connectivity index (χ0) is 41.9. The van der Waals surface area contributed by atoms with Gasteiger partial charge in [0, 0.05) is 76.8 Å². The van der Waals surface area contributed by atoms with Gasteiger partial charge in [-0.15, -0.1) is 21.5 Å². The molecule has 2 aromatic carbocycles. The second-order valence-electron chi connectivity index (χ2n) is 16.5. The van der Waals surface area contributed by atoms with Crippen LogP contribution in [-0.4, -0.2) is 123 Å². The predicted molar refractivity (Wildman–Crippen MR) is 231 cm³/mol. The van der Waals surface area contributed by atoms with Crippen LogP contribution in [0.3, 0.4) is 0 Å². The Labute approximate surface area is 354 Å². The van der Waals surface area contributed by atoms with E-state index in [1.165, 1.54) is 4.90 Å². The Bertz CT molecular complexity index is 2280. The van der Waals surface area contributed by atoms with Crippen LogP contribution in [0.4, 0.5) is 11.5 Å². The third-order valence-electron chi connectivity index (χ3n) is 12.0. The molecule has 6 heterocycles. The second kappa shape index (κ2) is 18.1. The van der Waals surface area contributed by atoms with E-state index in [1.54, 1.807) is 23.5 Å². The standard InChI is InChI=1S/C44H54N10O5S/c1-26(2)40(44(58)54-24-33(55)20-37(54)43(57)48-27(3)29-9-11-30(12-10-29)41-28(4)47-25-60-41)39-19-31(51-59-39)13-14-45-15-16-52-17-18-53-32(23-52)22-46-42-36(53)21-35(49-50-42)34-7-5-6-8-38(34)56/h5-12,19,21,25-27,32-33,37,40,45,55-56H,13-18,20,22-24H2,1-4H3,(H,46,50)(H,48,57)/t27?,32-,33+,37-,40?/m0/s1. The van der Waals surface area contributed by atoms with E-state index in [1.807, 2.05) is 81.7 Å². The number of nitrogens with zero attached hydrogens (tertiary/aromatic N) is 7. The molecule has 3 aromatic heterocycles. The minimum Gasteiger partial charge on any atom is -0.507 e. The molecule has 2 unspecified atom stereocenters. The van der Waals surface area contributed by atoms with Crippen LogP contribution in [0.1, 0.15) is 61.9 Å². The number of benzene rings is 2. The minimum absolute atomic E-state index is 0.0806. The van der Waals surface area contributed by atoms with E-state index in [-0.39, 0.29) is 48.5 Å². The lowest BCUT2D eigenvalue weighted by atomic mass is 9.91. The van der Waals surface area contributed by atoms with Gasteiger partial charge >= 0.3 is 0 Å². The van der Waals surface area contributed by atoms with E-state index in [4.69, 9.17) is 4.52 Å². The molecule has 2 fully saturated rings. The fourth-order valence-electron chi connectivity index (χ4n) is 8.66. The molecule has 316 valence electrons. The monoisotopic (exact) mass is 834 g/mol. The van der Waals surface area contributed by atoms with Gasteiger partial charge in [0.15, 0.2) is 5.82 Å². The third kappa shape index (κ3) is 8.87. The number of para-hydroxylation sites is 1. The maximum absolute atomic E-state index is 14.2. The van der Waals surface area contributed by atoms with Crippen molar-refractivity contribution >= 4 is 34.7 Å². The summed E-state index contributed by atoms with van der Waals surface area (Å²) in [4.78, 5) is 39.7. The molecule has 16 heteroatoms. The van der Waals surface area contributed by atoms with E-state index in [2.05, 4.69) is 46.1 Å². The number of piperazine rings is 1. The van der Waals surface area contributed by atoms with Crippen LogP contribution in [0.25, 0.3) is 21.7 Å². The molecule has 60 heavy (non-hydrogen) atoms. The maximum atomic E-state index is 14.2. The molecule has 3 aliphatic rings. The number of aliphatic hydroxyl groups is 1. The topological polar surface area (TPSA) is 185 Å². The molecule has 0 aliphatic carbocycles. The zero-order valence-electron chi connectivity index (χ0n) is 34.5. The van der Waals surface area contributed by atoms with Crippen LogP contribution in [0.5, 0.6) is 5.75 Å². The average Bonchev–Trinajstić information content (AvgIpc) is 4.00. The second-order valence-corrected chi connectivity index (χ2v) is 17.3.